The lowest BCUT2D eigenvalue weighted by Gasteiger charge is -2.15. The number of hydrogen-bond acceptors (Lipinski definition) is 3. The van der Waals surface area contributed by atoms with Crippen molar-refractivity contribution in [2.75, 3.05) is 37.8 Å². The minimum absolute atomic E-state index is 0. The second-order valence-electron chi connectivity index (χ2n) is 5.77. The SMILES string of the molecule is CCNC(=NCc1ccc(N(C)C)cc1)NCC1CCCS1.I. The molecule has 1 saturated heterocycles. The van der Waals surface area contributed by atoms with Crippen LogP contribution in [0, 0.1) is 0 Å². The van der Waals surface area contributed by atoms with Crippen molar-refractivity contribution in [2.45, 2.75) is 31.6 Å². The Kier molecular flexibility index (Phi) is 9.78. The molecular formula is C17H29IN4S. The Balaban J connectivity index is 0.00000264. The average molecular weight is 448 g/mol. The van der Waals surface area contributed by atoms with Gasteiger partial charge in [0.1, 0.15) is 0 Å². The van der Waals surface area contributed by atoms with Gasteiger partial charge in [0.2, 0.25) is 0 Å². The van der Waals surface area contributed by atoms with E-state index in [1.807, 2.05) is 0 Å². The highest BCUT2D eigenvalue weighted by Gasteiger charge is 2.15. The van der Waals surface area contributed by atoms with Crippen LogP contribution in [-0.2, 0) is 6.54 Å². The molecule has 1 heterocycles. The maximum absolute atomic E-state index is 4.69. The smallest absolute Gasteiger partial charge is 0.191 e. The lowest BCUT2D eigenvalue weighted by Crippen LogP contribution is -2.40. The van der Waals surface area contributed by atoms with Crippen molar-refractivity contribution in [3.05, 3.63) is 29.8 Å². The van der Waals surface area contributed by atoms with E-state index in [2.05, 4.69) is 72.6 Å². The molecule has 1 unspecified atom stereocenters. The molecule has 2 rings (SSSR count). The second-order valence-corrected chi connectivity index (χ2v) is 7.18. The van der Waals surface area contributed by atoms with Crippen molar-refractivity contribution >= 4 is 47.4 Å². The lowest BCUT2D eigenvalue weighted by atomic mass is 10.2. The van der Waals surface area contributed by atoms with Gasteiger partial charge in [-0.15, -0.1) is 24.0 Å². The van der Waals surface area contributed by atoms with Gasteiger partial charge in [0.05, 0.1) is 6.54 Å². The van der Waals surface area contributed by atoms with Crippen molar-refractivity contribution in [3.63, 3.8) is 0 Å². The first-order valence-electron chi connectivity index (χ1n) is 8.09. The summed E-state index contributed by atoms with van der Waals surface area (Å²) in [5, 5.41) is 7.54. The Morgan fingerprint density at radius 2 is 2.00 bits per heavy atom. The third-order valence-electron chi connectivity index (χ3n) is 3.74. The van der Waals surface area contributed by atoms with Crippen LogP contribution in [0.3, 0.4) is 0 Å². The van der Waals surface area contributed by atoms with Gasteiger partial charge in [-0.3, -0.25) is 0 Å². The summed E-state index contributed by atoms with van der Waals surface area (Å²) in [6.07, 6.45) is 2.67. The first-order valence-corrected chi connectivity index (χ1v) is 9.14. The van der Waals surface area contributed by atoms with Crippen LogP contribution in [0.4, 0.5) is 5.69 Å². The lowest BCUT2D eigenvalue weighted by molar-refractivity contribution is 0.727. The largest absolute Gasteiger partial charge is 0.378 e. The molecule has 0 saturated carbocycles. The summed E-state index contributed by atoms with van der Waals surface area (Å²) in [7, 11) is 4.11. The molecule has 0 radical (unpaired) electrons. The van der Waals surface area contributed by atoms with Gasteiger partial charge >= 0.3 is 0 Å². The van der Waals surface area contributed by atoms with Gasteiger partial charge in [0.25, 0.3) is 0 Å². The van der Waals surface area contributed by atoms with E-state index in [9.17, 15) is 0 Å². The number of thioether (sulfide) groups is 1. The summed E-state index contributed by atoms with van der Waals surface area (Å²) in [6, 6.07) is 8.57. The molecule has 1 aromatic rings. The standard InChI is InChI=1S/C17H28N4S.HI/c1-4-18-17(20-13-16-6-5-11-22-16)19-12-14-7-9-15(10-8-14)21(2)3;/h7-10,16H,4-6,11-13H2,1-3H3,(H2,18,19,20);1H. The fourth-order valence-corrected chi connectivity index (χ4v) is 3.63. The predicted molar refractivity (Wildman–Crippen MR) is 114 cm³/mol. The average Bonchev–Trinajstić information content (AvgIpc) is 3.04. The van der Waals surface area contributed by atoms with Crippen molar-refractivity contribution in [3.8, 4) is 0 Å². The Hall–Kier alpha value is -0.630. The van der Waals surface area contributed by atoms with Crippen molar-refractivity contribution < 1.29 is 0 Å². The number of anilines is 1. The molecule has 1 aliphatic rings. The van der Waals surface area contributed by atoms with Crippen LogP contribution < -0.4 is 15.5 Å². The molecule has 0 amide bonds. The fraction of sp³-hybridized carbons (Fsp3) is 0.588. The van der Waals surface area contributed by atoms with E-state index in [0.29, 0.717) is 6.54 Å². The van der Waals surface area contributed by atoms with E-state index < -0.39 is 0 Å². The van der Waals surface area contributed by atoms with Crippen LogP contribution in [0.25, 0.3) is 0 Å². The molecule has 0 aliphatic carbocycles. The van der Waals surface area contributed by atoms with Crippen LogP contribution in [-0.4, -0.2) is 44.1 Å². The van der Waals surface area contributed by atoms with Crippen LogP contribution in [0.1, 0.15) is 25.3 Å². The summed E-state index contributed by atoms with van der Waals surface area (Å²) in [5.74, 6) is 2.23. The normalized spacial score (nSPS) is 17.5. The zero-order valence-corrected chi connectivity index (χ0v) is 17.5. The highest BCUT2D eigenvalue weighted by molar-refractivity contribution is 14.0. The van der Waals surface area contributed by atoms with Crippen LogP contribution in [0.2, 0.25) is 0 Å². The van der Waals surface area contributed by atoms with Crippen LogP contribution in [0.15, 0.2) is 29.3 Å². The van der Waals surface area contributed by atoms with E-state index in [1.165, 1.54) is 29.8 Å². The summed E-state index contributed by atoms with van der Waals surface area (Å²) >= 11 is 2.07. The molecular weight excluding hydrogens is 419 g/mol. The first kappa shape index (κ1) is 20.4. The Bertz CT molecular complexity index is 470. The number of halogens is 1. The molecule has 1 aromatic carbocycles. The van der Waals surface area contributed by atoms with E-state index in [1.54, 1.807) is 0 Å². The molecule has 0 bridgehead atoms. The molecule has 4 nitrogen and oxygen atoms in total. The molecule has 6 heteroatoms. The molecule has 1 fully saturated rings. The summed E-state index contributed by atoms with van der Waals surface area (Å²) < 4.78 is 0. The topological polar surface area (TPSA) is 39.7 Å². The summed E-state index contributed by atoms with van der Waals surface area (Å²) in [6.45, 7) is 4.72. The quantitative estimate of drug-likeness (QED) is 0.398. The Labute approximate surface area is 161 Å². The summed E-state index contributed by atoms with van der Waals surface area (Å²) in [5.41, 5.74) is 2.45. The zero-order valence-electron chi connectivity index (χ0n) is 14.3. The number of guanidine groups is 1. The van der Waals surface area contributed by atoms with E-state index in [4.69, 9.17) is 4.99 Å². The number of benzene rings is 1. The fourth-order valence-electron chi connectivity index (χ4n) is 2.43. The number of nitrogens with zero attached hydrogens (tertiary/aromatic N) is 2. The van der Waals surface area contributed by atoms with Gasteiger partial charge < -0.3 is 15.5 Å². The number of rotatable bonds is 6. The third-order valence-corrected chi connectivity index (χ3v) is 5.14. The van der Waals surface area contributed by atoms with Gasteiger partial charge in [-0.25, -0.2) is 4.99 Å². The minimum atomic E-state index is 0. The molecule has 2 N–H and O–H groups in total. The number of aliphatic imine (C=N–C) groups is 1. The van der Waals surface area contributed by atoms with Gasteiger partial charge in [0, 0.05) is 38.1 Å². The first-order chi connectivity index (χ1) is 10.7. The predicted octanol–water partition coefficient (Wildman–Crippen LogP) is 3.32. The molecule has 0 spiro atoms. The molecule has 130 valence electrons. The monoisotopic (exact) mass is 448 g/mol. The summed E-state index contributed by atoms with van der Waals surface area (Å²) in [4.78, 5) is 6.80. The zero-order chi connectivity index (χ0) is 15.8. The maximum atomic E-state index is 4.69. The second kappa shape index (κ2) is 11.0. The minimum Gasteiger partial charge on any atom is -0.378 e. The number of hydrogen-bond donors (Lipinski definition) is 2. The maximum Gasteiger partial charge on any atom is 0.191 e. The Morgan fingerprint density at radius 1 is 1.26 bits per heavy atom. The molecule has 23 heavy (non-hydrogen) atoms. The van der Waals surface area contributed by atoms with E-state index in [0.717, 1.165) is 24.3 Å². The van der Waals surface area contributed by atoms with Crippen LogP contribution in [0.5, 0.6) is 0 Å². The third kappa shape index (κ3) is 7.20. The van der Waals surface area contributed by atoms with Gasteiger partial charge in [-0.1, -0.05) is 12.1 Å². The molecule has 0 aromatic heterocycles. The van der Waals surface area contributed by atoms with Gasteiger partial charge in [-0.2, -0.15) is 11.8 Å². The van der Waals surface area contributed by atoms with Crippen molar-refractivity contribution in [1.82, 2.24) is 10.6 Å². The van der Waals surface area contributed by atoms with E-state index >= 15 is 0 Å². The van der Waals surface area contributed by atoms with Crippen molar-refractivity contribution in [1.29, 1.82) is 0 Å². The van der Waals surface area contributed by atoms with E-state index in [-0.39, 0.29) is 24.0 Å². The molecule has 1 atom stereocenters. The Morgan fingerprint density at radius 3 is 2.57 bits per heavy atom. The molecule has 1 aliphatic heterocycles. The highest BCUT2D eigenvalue weighted by atomic mass is 127. The van der Waals surface area contributed by atoms with Crippen LogP contribution >= 0.6 is 35.7 Å². The van der Waals surface area contributed by atoms with Crippen molar-refractivity contribution in [2.24, 2.45) is 4.99 Å². The van der Waals surface area contributed by atoms with Gasteiger partial charge in [0.15, 0.2) is 5.96 Å². The highest BCUT2D eigenvalue weighted by Crippen LogP contribution is 2.25. The number of nitrogens with one attached hydrogen (secondary N) is 2. The van der Waals surface area contributed by atoms with Gasteiger partial charge in [-0.05, 0) is 43.2 Å².